The largest absolute Gasteiger partial charge is 0.357 e. The Labute approximate surface area is 169 Å². The van der Waals surface area contributed by atoms with E-state index < -0.39 is 0 Å². The van der Waals surface area contributed by atoms with Crippen molar-refractivity contribution in [2.75, 3.05) is 23.3 Å². The van der Waals surface area contributed by atoms with E-state index in [9.17, 15) is 9.18 Å². The molecule has 1 saturated heterocycles. The number of nitrogens with zero attached hydrogens (tertiary/aromatic N) is 3. The van der Waals surface area contributed by atoms with E-state index >= 15 is 0 Å². The minimum atomic E-state index is -0.304. The van der Waals surface area contributed by atoms with E-state index in [0.717, 1.165) is 24.5 Å². The van der Waals surface area contributed by atoms with Crippen LogP contribution in [0.5, 0.6) is 0 Å². The summed E-state index contributed by atoms with van der Waals surface area (Å²) in [7, 11) is 0. The van der Waals surface area contributed by atoms with Gasteiger partial charge in [-0.25, -0.2) is 9.37 Å². The Morgan fingerprint density at radius 2 is 1.86 bits per heavy atom. The smallest absolute Gasteiger partial charge is 0.228 e. The van der Waals surface area contributed by atoms with E-state index in [2.05, 4.69) is 20.2 Å². The zero-order chi connectivity index (χ0) is 20.1. The standard InChI is InChI=1S/C23H23FN4O/c24-19-6-4-5-18(14-19)21-9-8-20(16-25-21)27-23(29)13-17-7-10-22(26-15-17)28-11-2-1-3-12-28/h4-10,14-16H,1-3,11-13H2,(H,27,29). The summed E-state index contributed by atoms with van der Waals surface area (Å²) in [5.41, 5.74) is 2.82. The summed E-state index contributed by atoms with van der Waals surface area (Å²) >= 11 is 0. The Hall–Kier alpha value is -3.28. The fourth-order valence-corrected chi connectivity index (χ4v) is 3.51. The molecular weight excluding hydrogens is 367 g/mol. The van der Waals surface area contributed by atoms with Crippen LogP contribution >= 0.6 is 0 Å². The van der Waals surface area contributed by atoms with Crippen LogP contribution in [0, 0.1) is 5.82 Å². The monoisotopic (exact) mass is 390 g/mol. The van der Waals surface area contributed by atoms with Gasteiger partial charge in [0.15, 0.2) is 0 Å². The number of pyridine rings is 2. The minimum Gasteiger partial charge on any atom is -0.357 e. The number of benzene rings is 1. The number of carbonyl (C=O) groups excluding carboxylic acids is 1. The molecule has 0 bridgehead atoms. The molecule has 1 N–H and O–H groups in total. The molecular formula is C23H23FN4O. The average molecular weight is 390 g/mol. The molecule has 0 aliphatic carbocycles. The SMILES string of the molecule is O=C(Cc1ccc(N2CCCCC2)nc1)Nc1ccc(-c2cccc(F)c2)nc1. The summed E-state index contributed by atoms with van der Waals surface area (Å²) < 4.78 is 13.3. The molecule has 0 spiro atoms. The van der Waals surface area contributed by atoms with Crippen LogP contribution in [0.15, 0.2) is 60.9 Å². The number of anilines is 2. The average Bonchev–Trinajstić information content (AvgIpc) is 2.75. The molecule has 1 aliphatic rings. The van der Waals surface area contributed by atoms with Crippen LogP contribution in [-0.2, 0) is 11.2 Å². The molecule has 29 heavy (non-hydrogen) atoms. The second kappa shape index (κ2) is 8.82. The van der Waals surface area contributed by atoms with Crippen LogP contribution in [0.1, 0.15) is 24.8 Å². The molecule has 3 aromatic rings. The van der Waals surface area contributed by atoms with Gasteiger partial charge in [0, 0.05) is 24.8 Å². The highest BCUT2D eigenvalue weighted by Gasteiger charge is 2.12. The van der Waals surface area contributed by atoms with Crippen LogP contribution in [0.4, 0.5) is 15.9 Å². The molecule has 4 rings (SSSR count). The highest BCUT2D eigenvalue weighted by molar-refractivity contribution is 5.92. The third-order valence-electron chi connectivity index (χ3n) is 5.02. The van der Waals surface area contributed by atoms with E-state index in [4.69, 9.17) is 0 Å². The Balaban J connectivity index is 1.34. The molecule has 1 aliphatic heterocycles. The second-order valence-corrected chi connectivity index (χ2v) is 7.24. The van der Waals surface area contributed by atoms with Crippen LogP contribution in [0.2, 0.25) is 0 Å². The van der Waals surface area contributed by atoms with Crippen molar-refractivity contribution in [3.63, 3.8) is 0 Å². The van der Waals surface area contributed by atoms with Crippen molar-refractivity contribution in [2.45, 2.75) is 25.7 Å². The van der Waals surface area contributed by atoms with Gasteiger partial charge in [0.2, 0.25) is 5.91 Å². The van der Waals surface area contributed by atoms with Crippen molar-refractivity contribution in [3.05, 3.63) is 72.3 Å². The van der Waals surface area contributed by atoms with Gasteiger partial charge in [0.1, 0.15) is 11.6 Å². The molecule has 0 saturated carbocycles. The molecule has 148 valence electrons. The first-order valence-electron chi connectivity index (χ1n) is 9.89. The summed E-state index contributed by atoms with van der Waals surface area (Å²) in [5, 5.41) is 2.84. The summed E-state index contributed by atoms with van der Waals surface area (Å²) in [6.07, 6.45) is 7.30. The molecule has 2 aromatic heterocycles. The van der Waals surface area contributed by atoms with Gasteiger partial charge >= 0.3 is 0 Å². The van der Waals surface area contributed by atoms with Crippen LogP contribution in [-0.4, -0.2) is 29.0 Å². The number of rotatable bonds is 5. The Morgan fingerprint density at radius 1 is 1.00 bits per heavy atom. The van der Waals surface area contributed by atoms with Crippen LogP contribution in [0.3, 0.4) is 0 Å². The lowest BCUT2D eigenvalue weighted by Gasteiger charge is -2.27. The number of hydrogen-bond acceptors (Lipinski definition) is 4. The van der Waals surface area contributed by atoms with Crippen molar-refractivity contribution in [1.29, 1.82) is 0 Å². The first kappa shape index (κ1) is 19.1. The summed E-state index contributed by atoms with van der Waals surface area (Å²) in [6.45, 7) is 2.09. The fraction of sp³-hybridized carbons (Fsp3) is 0.261. The Morgan fingerprint density at radius 3 is 2.55 bits per heavy atom. The zero-order valence-corrected chi connectivity index (χ0v) is 16.1. The Kier molecular flexibility index (Phi) is 5.79. The molecule has 5 nitrogen and oxygen atoms in total. The molecule has 1 aromatic carbocycles. The summed E-state index contributed by atoms with van der Waals surface area (Å²) in [5.74, 6) is 0.547. The summed E-state index contributed by atoms with van der Waals surface area (Å²) in [6, 6.07) is 13.7. The van der Waals surface area contributed by atoms with Gasteiger partial charge < -0.3 is 10.2 Å². The van der Waals surface area contributed by atoms with Crippen LogP contribution in [0.25, 0.3) is 11.3 Å². The van der Waals surface area contributed by atoms with Crippen molar-refractivity contribution >= 4 is 17.4 Å². The highest BCUT2D eigenvalue weighted by Crippen LogP contribution is 2.20. The topological polar surface area (TPSA) is 58.1 Å². The summed E-state index contributed by atoms with van der Waals surface area (Å²) in [4.78, 5) is 23.5. The normalized spacial score (nSPS) is 13.9. The first-order chi connectivity index (χ1) is 14.2. The minimum absolute atomic E-state index is 0.127. The quantitative estimate of drug-likeness (QED) is 0.699. The number of halogens is 1. The third-order valence-corrected chi connectivity index (χ3v) is 5.02. The number of piperidine rings is 1. The van der Waals surface area contributed by atoms with Gasteiger partial charge in [-0.3, -0.25) is 9.78 Å². The lowest BCUT2D eigenvalue weighted by molar-refractivity contribution is -0.115. The van der Waals surface area contributed by atoms with Crippen LogP contribution < -0.4 is 10.2 Å². The number of amides is 1. The molecule has 0 radical (unpaired) electrons. The number of aromatic nitrogens is 2. The molecule has 6 heteroatoms. The van der Waals surface area contributed by atoms with Crippen molar-refractivity contribution in [3.8, 4) is 11.3 Å². The molecule has 0 unspecified atom stereocenters. The molecule has 1 amide bonds. The van der Waals surface area contributed by atoms with Gasteiger partial charge in [-0.2, -0.15) is 0 Å². The van der Waals surface area contributed by atoms with E-state index in [1.165, 1.54) is 31.4 Å². The van der Waals surface area contributed by atoms with Gasteiger partial charge in [-0.15, -0.1) is 0 Å². The van der Waals surface area contributed by atoms with E-state index in [0.29, 0.717) is 16.9 Å². The lowest BCUT2D eigenvalue weighted by Crippen LogP contribution is -2.30. The van der Waals surface area contributed by atoms with Gasteiger partial charge in [-0.05, 0) is 55.2 Å². The number of carbonyl (C=O) groups is 1. The molecule has 3 heterocycles. The number of hydrogen-bond donors (Lipinski definition) is 1. The molecule has 0 atom stereocenters. The third kappa shape index (κ3) is 4.96. The predicted molar refractivity (Wildman–Crippen MR) is 112 cm³/mol. The van der Waals surface area contributed by atoms with E-state index in [1.54, 1.807) is 36.7 Å². The van der Waals surface area contributed by atoms with Crippen molar-refractivity contribution in [2.24, 2.45) is 0 Å². The van der Waals surface area contributed by atoms with Gasteiger partial charge in [0.05, 0.1) is 24.0 Å². The maximum atomic E-state index is 13.3. The maximum absolute atomic E-state index is 13.3. The first-order valence-corrected chi connectivity index (χ1v) is 9.89. The van der Waals surface area contributed by atoms with E-state index in [1.807, 2.05) is 12.1 Å². The highest BCUT2D eigenvalue weighted by atomic mass is 19.1. The van der Waals surface area contributed by atoms with Crippen molar-refractivity contribution in [1.82, 2.24) is 9.97 Å². The fourth-order valence-electron chi connectivity index (χ4n) is 3.51. The maximum Gasteiger partial charge on any atom is 0.228 e. The van der Waals surface area contributed by atoms with Crippen molar-refractivity contribution < 1.29 is 9.18 Å². The predicted octanol–water partition coefficient (Wildman–Crippen LogP) is 4.45. The van der Waals surface area contributed by atoms with Gasteiger partial charge in [0.25, 0.3) is 0 Å². The Bertz CT molecular complexity index is 967. The zero-order valence-electron chi connectivity index (χ0n) is 16.1. The second-order valence-electron chi connectivity index (χ2n) is 7.24. The lowest BCUT2D eigenvalue weighted by atomic mass is 10.1. The molecule has 1 fully saturated rings. The van der Waals surface area contributed by atoms with Gasteiger partial charge in [-0.1, -0.05) is 18.2 Å². The van der Waals surface area contributed by atoms with E-state index in [-0.39, 0.29) is 18.1 Å². The number of nitrogens with one attached hydrogen (secondary N) is 1.